The minimum atomic E-state index is -3.81. The summed E-state index contributed by atoms with van der Waals surface area (Å²) in [5, 5.41) is 3.47. The fourth-order valence-corrected chi connectivity index (χ4v) is 8.82. The molecule has 37 heavy (non-hydrogen) atoms. The van der Waals surface area contributed by atoms with Crippen LogP contribution in [0, 0.1) is 24.2 Å². The van der Waals surface area contributed by atoms with Gasteiger partial charge in [-0.25, -0.2) is 8.42 Å². The quantitative estimate of drug-likeness (QED) is 0.360. The number of hydrogen-bond donors (Lipinski definition) is 2. The highest BCUT2D eigenvalue weighted by atomic mass is 35.5. The predicted molar refractivity (Wildman–Crippen MR) is 147 cm³/mol. The fraction of sp³-hybridized carbons (Fsp3) is 0.367. The first-order valence-corrected chi connectivity index (χ1v) is 14.8. The molecule has 4 aliphatic rings. The number of carbonyl (C=O) groups is 1. The second-order valence-electron chi connectivity index (χ2n) is 11.5. The van der Waals surface area contributed by atoms with E-state index in [1.54, 1.807) is 36.4 Å². The molecule has 3 aromatic carbocycles. The van der Waals surface area contributed by atoms with Gasteiger partial charge in [0.05, 0.1) is 21.0 Å². The first-order valence-electron chi connectivity index (χ1n) is 12.9. The van der Waals surface area contributed by atoms with Crippen molar-refractivity contribution >= 4 is 38.9 Å². The smallest absolute Gasteiger partial charge is 0.261 e. The second kappa shape index (κ2) is 8.88. The molecule has 3 aromatic rings. The molecule has 2 N–H and O–H groups in total. The third-order valence-corrected chi connectivity index (χ3v) is 10.5. The first-order chi connectivity index (χ1) is 17.7. The Morgan fingerprint density at radius 2 is 1.54 bits per heavy atom. The van der Waals surface area contributed by atoms with E-state index in [2.05, 4.69) is 41.2 Å². The summed E-state index contributed by atoms with van der Waals surface area (Å²) in [6.07, 6.45) is 6.34. The molecular formula is C30H31ClN2O3S. The van der Waals surface area contributed by atoms with Crippen molar-refractivity contribution in [2.45, 2.75) is 55.8 Å². The van der Waals surface area contributed by atoms with Gasteiger partial charge in [0.15, 0.2) is 0 Å². The summed E-state index contributed by atoms with van der Waals surface area (Å²) in [6.45, 7) is 2.11. The molecule has 4 fully saturated rings. The number of anilines is 2. The van der Waals surface area contributed by atoms with Gasteiger partial charge < -0.3 is 5.32 Å². The Labute approximate surface area is 223 Å². The number of nitrogens with one attached hydrogen (secondary N) is 2. The van der Waals surface area contributed by atoms with Gasteiger partial charge in [-0.3, -0.25) is 9.52 Å². The van der Waals surface area contributed by atoms with E-state index < -0.39 is 10.0 Å². The molecule has 4 bridgehead atoms. The minimum absolute atomic E-state index is 0.0721. The third-order valence-electron chi connectivity index (χ3n) is 8.75. The summed E-state index contributed by atoms with van der Waals surface area (Å²) in [5.41, 5.74) is 3.29. The number of sulfonamides is 1. The van der Waals surface area contributed by atoms with Gasteiger partial charge in [0.25, 0.3) is 10.0 Å². The Kier molecular flexibility index (Phi) is 5.88. The van der Waals surface area contributed by atoms with Gasteiger partial charge in [0.2, 0.25) is 5.91 Å². The lowest BCUT2D eigenvalue weighted by Gasteiger charge is -2.61. The zero-order valence-electron chi connectivity index (χ0n) is 20.8. The molecule has 5 nitrogen and oxygen atoms in total. The maximum Gasteiger partial charge on any atom is 0.261 e. The molecule has 2 unspecified atom stereocenters. The van der Waals surface area contributed by atoms with Gasteiger partial charge in [-0.2, -0.15) is 0 Å². The van der Waals surface area contributed by atoms with E-state index in [1.165, 1.54) is 42.5 Å². The van der Waals surface area contributed by atoms with E-state index in [9.17, 15) is 13.2 Å². The molecule has 4 aliphatic carbocycles. The lowest BCUT2D eigenvalue weighted by Crippen LogP contribution is -2.57. The Morgan fingerprint density at radius 3 is 2.19 bits per heavy atom. The van der Waals surface area contributed by atoms with Crippen LogP contribution in [0.25, 0.3) is 0 Å². The maximum atomic E-state index is 13.8. The molecule has 0 aliphatic heterocycles. The van der Waals surface area contributed by atoms with Crippen LogP contribution in [-0.4, -0.2) is 14.3 Å². The third kappa shape index (κ3) is 4.44. The van der Waals surface area contributed by atoms with Crippen LogP contribution in [0.4, 0.5) is 11.4 Å². The number of benzene rings is 3. The van der Waals surface area contributed by atoms with Crippen molar-refractivity contribution in [1.29, 1.82) is 0 Å². The first kappa shape index (κ1) is 24.5. The lowest BCUT2D eigenvalue weighted by atomic mass is 9.42. The van der Waals surface area contributed by atoms with E-state index in [1.807, 2.05) is 0 Å². The summed E-state index contributed by atoms with van der Waals surface area (Å²) in [6, 6.07) is 22.0. The van der Waals surface area contributed by atoms with Gasteiger partial charge in [-0.15, -0.1) is 0 Å². The summed E-state index contributed by atoms with van der Waals surface area (Å²) in [5.74, 6) is 1.23. The summed E-state index contributed by atoms with van der Waals surface area (Å²) in [7, 11) is -3.81. The highest BCUT2D eigenvalue weighted by Gasteiger charge is 2.60. The molecule has 0 radical (unpaired) electrons. The topological polar surface area (TPSA) is 75.3 Å². The van der Waals surface area contributed by atoms with Crippen LogP contribution in [-0.2, 0) is 20.2 Å². The van der Waals surface area contributed by atoms with E-state index >= 15 is 0 Å². The molecule has 7 rings (SSSR count). The molecular weight excluding hydrogens is 504 g/mol. The summed E-state index contributed by atoms with van der Waals surface area (Å²) < 4.78 is 28.2. The molecule has 4 saturated carbocycles. The molecule has 2 atom stereocenters. The Balaban J connectivity index is 1.21. The van der Waals surface area contributed by atoms with Crippen molar-refractivity contribution < 1.29 is 13.2 Å². The number of amides is 1. The highest BCUT2D eigenvalue weighted by molar-refractivity contribution is 7.92. The van der Waals surface area contributed by atoms with Gasteiger partial charge >= 0.3 is 0 Å². The Morgan fingerprint density at radius 1 is 0.892 bits per heavy atom. The monoisotopic (exact) mass is 534 g/mol. The number of rotatable bonds is 6. The van der Waals surface area contributed by atoms with Crippen LogP contribution in [0.3, 0.4) is 0 Å². The zero-order valence-corrected chi connectivity index (χ0v) is 22.4. The van der Waals surface area contributed by atoms with Crippen molar-refractivity contribution in [3.05, 3.63) is 88.9 Å². The lowest BCUT2D eigenvalue weighted by molar-refractivity contribution is -0.143. The van der Waals surface area contributed by atoms with Crippen molar-refractivity contribution in [2.24, 2.45) is 17.3 Å². The van der Waals surface area contributed by atoms with E-state index in [4.69, 9.17) is 11.6 Å². The molecule has 0 heterocycles. The molecule has 1 amide bonds. The van der Waals surface area contributed by atoms with E-state index in [-0.39, 0.29) is 21.6 Å². The number of carbonyl (C=O) groups excluding carboxylic acids is 1. The summed E-state index contributed by atoms with van der Waals surface area (Å²) in [4.78, 5) is 13.9. The van der Waals surface area contributed by atoms with Crippen LogP contribution in [0.15, 0.2) is 77.7 Å². The van der Waals surface area contributed by atoms with Crippen molar-refractivity contribution in [2.75, 3.05) is 10.0 Å². The molecule has 0 saturated heterocycles. The number of hydrogen-bond acceptors (Lipinski definition) is 3. The number of halogens is 1. The molecule has 0 spiro atoms. The second-order valence-corrected chi connectivity index (χ2v) is 13.5. The van der Waals surface area contributed by atoms with Gasteiger partial charge in [0, 0.05) is 5.69 Å². The standard InChI is InChI=1S/C30H31ClN2O3S/c1-20-6-8-23(9-7-20)29-15-21-14-22(16-29)18-30(17-21,19-29)28(34)32-24-10-12-25(13-11-24)37(35,36)33-27-5-3-2-4-26(27)31/h2-13,21-22,33H,14-19H2,1H3,(H,32,34). The average molecular weight is 535 g/mol. The van der Waals surface area contributed by atoms with Crippen molar-refractivity contribution in [3.63, 3.8) is 0 Å². The van der Waals surface area contributed by atoms with Gasteiger partial charge in [-0.05, 0) is 105 Å². The maximum absolute atomic E-state index is 13.8. The van der Waals surface area contributed by atoms with Crippen LogP contribution in [0.1, 0.15) is 49.7 Å². The normalized spacial score (nSPS) is 28.2. The number of aryl methyl sites for hydroxylation is 1. The molecule has 0 aromatic heterocycles. The molecule has 7 heteroatoms. The van der Waals surface area contributed by atoms with E-state index in [0.29, 0.717) is 28.2 Å². The summed E-state index contributed by atoms with van der Waals surface area (Å²) >= 11 is 6.11. The molecule has 192 valence electrons. The van der Waals surface area contributed by atoms with Crippen LogP contribution < -0.4 is 10.0 Å². The van der Waals surface area contributed by atoms with Crippen LogP contribution in [0.5, 0.6) is 0 Å². The largest absolute Gasteiger partial charge is 0.326 e. The minimum Gasteiger partial charge on any atom is -0.326 e. The van der Waals surface area contributed by atoms with E-state index in [0.717, 1.165) is 19.3 Å². The van der Waals surface area contributed by atoms with Crippen molar-refractivity contribution in [1.82, 2.24) is 0 Å². The van der Waals surface area contributed by atoms with Crippen LogP contribution >= 0.6 is 11.6 Å². The van der Waals surface area contributed by atoms with Crippen molar-refractivity contribution in [3.8, 4) is 0 Å². The predicted octanol–water partition coefficient (Wildman–Crippen LogP) is 6.93. The van der Waals surface area contributed by atoms with Crippen LogP contribution in [0.2, 0.25) is 5.02 Å². The Hall–Kier alpha value is -2.83. The fourth-order valence-electron chi connectivity index (χ4n) is 7.50. The Bertz CT molecular complexity index is 1440. The SMILES string of the molecule is Cc1ccc(C23CC4CC(CC(C(=O)Nc5ccc(S(=O)(=O)Nc6ccccc6Cl)cc5)(C4)C2)C3)cc1. The number of para-hydroxylation sites is 1. The van der Waals surface area contributed by atoms with Gasteiger partial charge in [-0.1, -0.05) is 53.6 Å². The highest BCUT2D eigenvalue weighted by Crippen LogP contribution is 2.66. The average Bonchev–Trinajstić information content (AvgIpc) is 2.85. The zero-order chi connectivity index (χ0) is 25.8. The van der Waals surface area contributed by atoms with Gasteiger partial charge in [0.1, 0.15) is 0 Å².